The Morgan fingerprint density at radius 2 is 1.92 bits per heavy atom. The summed E-state index contributed by atoms with van der Waals surface area (Å²) in [5, 5.41) is 0. The lowest BCUT2D eigenvalue weighted by molar-refractivity contribution is 0.674. The average Bonchev–Trinajstić information content (AvgIpc) is 2.10. The van der Waals surface area contributed by atoms with Crippen LogP contribution in [0.5, 0.6) is 0 Å². The third kappa shape index (κ3) is 9.48. The molecule has 0 heterocycles. The molecule has 0 aliphatic carbocycles. The maximum absolute atomic E-state index is 3.14. The fourth-order valence-electron chi connectivity index (χ4n) is 1.04. The molecule has 0 unspecified atom stereocenters. The van der Waals surface area contributed by atoms with Gasteiger partial charge < -0.3 is 0 Å². The van der Waals surface area contributed by atoms with E-state index in [-0.39, 0.29) is 0 Å². The van der Waals surface area contributed by atoms with E-state index in [1.165, 1.54) is 32.1 Å². The predicted octanol–water partition coefficient (Wildman–Crippen LogP) is 4.28. The van der Waals surface area contributed by atoms with Gasteiger partial charge in [0, 0.05) is 0 Å². The number of unbranched alkanes of at least 4 members (excludes halogenated alkanes) is 4. The first-order valence-electron chi connectivity index (χ1n) is 5.13. The van der Waals surface area contributed by atoms with Crippen LogP contribution in [0.3, 0.4) is 0 Å². The summed E-state index contributed by atoms with van der Waals surface area (Å²) in [5.74, 6) is 0. The molecule has 0 fully saturated rings. The predicted molar refractivity (Wildman–Crippen MR) is 56.0 cm³/mol. The summed E-state index contributed by atoms with van der Waals surface area (Å²) < 4.78 is 0. The van der Waals surface area contributed by atoms with Gasteiger partial charge in [0.05, 0.1) is 0 Å². The van der Waals surface area contributed by atoms with Crippen LogP contribution in [0.2, 0.25) is 0 Å². The van der Waals surface area contributed by atoms with Crippen molar-refractivity contribution in [3.63, 3.8) is 0 Å². The molecular weight excluding hydrogens is 144 g/mol. The quantitative estimate of drug-likeness (QED) is 0.390. The van der Waals surface area contributed by atoms with Crippen LogP contribution in [-0.2, 0) is 0 Å². The average molecular weight is 165 g/mol. The van der Waals surface area contributed by atoms with Gasteiger partial charge in [0.25, 0.3) is 0 Å². The first-order valence-corrected chi connectivity index (χ1v) is 5.13. The van der Waals surface area contributed by atoms with Gasteiger partial charge in [-0.25, -0.2) is 0 Å². The van der Waals surface area contributed by atoms with Crippen LogP contribution in [0.25, 0.3) is 0 Å². The zero-order chi connectivity index (χ0) is 9.07. The molecule has 0 atom stereocenters. The minimum Gasteiger partial charge on any atom is -0.0845 e. The van der Waals surface area contributed by atoms with Gasteiger partial charge in [-0.2, -0.15) is 0 Å². The van der Waals surface area contributed by atoms with Crippen molar-refractivity contribution in [2.24, 2.45) is 0 Å². The van der Waals surface area contributed by atoms with Crippen molar-refractivity contribution in [3.05, 3.63) is 24.3 Å². The van der Waals surface area contributed by atoms with E-state index in [4.69, 9.17) is 0 Å². The summed E-state index contributed by atoms with van der Waals surface area (Å²) in [4.78, 5) is 0. The highest BCUT2D eigenvalue weighted by Crippen LogP contribution is 2.02. The first kappa shape index (κ1) is 11.5. The summed E-state index contributed by atoms with van der Waals surface area (Å²) in [6.45, 7) is 4.35. The molecule has 0 rings (SSSR count). The second kappa shape index (κ2) is 10.5. The van der Waals surface area contributed by atoms with E-state index in [0.717, 1.165) is 6.42 Å². The molecule has 0 nitrogen and oxygen atoms in total. The first-order chi connectivity index (χ1) is 5.91. The van der Waals surface area contributed by atoms with Gasteiger partial charge in [-0.05, 0) is 25.3 Å². The molecule has 0 aliphatic rings. The normalized spacial score (nSPS) is 11.8. The van der Waals surface area contributed by atoms with Gasteiger partial charge in [-0.15, -0.1) is 0 Å². The largest absolute Gasteiger partial charge is 0.0845 e. The monoisotopic (exact) mass is 165 g/mol. The molecule has 0 aromatic heterocycles. The van der Waals surface area contributed by atoms with Gasteiger partial charge in [-0.1, -0.05) is 51.3 Å². The molecule has 12 heavy (non-hydrogen) atoms. The van der Waals surface area contributed by atoms with Gasteiger partial charge in [-0.3, -0.25) is 0 Å². The number of rotatable bonds is 7. The Balaban J connectivity index is 3.07. The lowest BCUT2D eigenvalue weighted by Crippen LogP contribution is -1.72. The highest BCUT2D eigenvalue weighted by Gasteiger charge is 1.82. The third-order valence-electron chi connectivity index (χ3n) is 1.78. The lowest BCUT2D eigenvalue weighted by Gasteiger charge is -1.92. The molecule has 0 heteroatoms. The van der Waals surface area contributed by atoms with Gasteiger partial charge in [0.15, 0.2) is 0 Å². The molecule has 69 valence electrons. The molecule has 0 aromatic carbocycles. The van der Waals surface area contributed by atoms with Crippen LogP contribution < -0.4 is 0 Å². The fraction of sp³-hybridized carbons (Fsp3) is 0.667. The minimum absolute atomic E-state index is 1.01. The Hall–Kier alpha value is -0.520. The third-order valence-corrected chi connectivity index (χ3v) is 1.78. The van der Waals surface area contributed by atoms with E-state index in [9.17, 15) is 0 Å². The molecule has 0 saturated carbocycles. The van der Waals surface area contributed by atoms with E-state index < -0.39 is 0 Å². The Morgan fingerprint density at radius 1 is 1.08 bits per heavy atom. The van der Waals surface area contributed by atoms with E-state index >= 15 is 0 Å². The molecule has 0 N–H and O–H groups in total. The summed E-state index contributed by atoms with van der Waals surface area (Å²) >= 11 is 0. The van der Waals surface area contributed by atoms with E-state index in [2.05, 4.69) is 32.1 Å². The fourth-order valence-corrected chi connectivity index (χ4v) is 1.04. The zero-order valence-corrected chi connectivity index (χ0v) is 8.47. The Morgan fingerprint density at radius 3 is 2.58 bits per heavy atom. The number of allylic oxidation sites excluding steroid dienone is 4. The molecule has 0 saturated heterocycles. The molecule has 0 bridgehead atoms. The summed E-state index contributed by atoms with van der Waals surface area (Å²) in [6.07, 6.45) is 17.2. The van der Waals surface area contributed by atoms with Crippen LogP contribution in [0.4, 0.5) is 0 Å². The SMILES string of the molecule is CC/[C]=C\C=C\CCCCCC. The molecule has 0 amide bonds. The van der Waals surface area contributed by atoms with Crippen molar-refractivity contribution in [2.45, 2.75) is 52.4 Å². The van der Waals surface area contributed by atoms with Gasteiger partial charge in [0.2, 0.25) is 0 Å². The molecular formula is C12H21. The van der Waals surface area contributed by atoms with Crippen LogP contribution in [0, 0.1) is 6.08 Å². The van der Waals surface area contributed by atoms with Crippen molar-refractivity contribution < 1.29 is 0 Å². The highest BCUT2D eigenvalue weighted by atomic mass is 13.9. The van der Waals surface area contributed by atoms with Crippen molar-refractivity contribution in [2.75, 3.05) is 0 Å². The van der Waals surface area contributed by atoms with Crippen LogP contribution in [-0.4, -0.2) is 0 Å². The lowest BCUT2D eigenvalue weighted by atomic mass is 10.1. The number of hydrogen-bond donors (Lipinski definition) is 0. The van der Waals surface area contributed by atoms with E-state index in [0.29, 0.717) is 0 Å². The molecule has 1 radical (unpaired) electrons. The standard InChI is InChI=1S/C12H21/c1-3-5-7-9-11-12-10-8-6-4-2/h8,10,12H,3-5,7,9,11H2,1-2H3/b8-6?,12-10+. The maximum atomic E-state index is 3.14. The minimum atomic E-state index is 1.01. The maximum Gasteiger partial charge on any atom is -0.0305 e. The Kier molecular flexibility index (Phi) is 10.0. The van der Waals surface area contributed by atoms with Gasteiger partial charge >= 0.3 is 0 Å². The van der Waals surface area contributed by atoms with Crippen molar-refractivity contribution in [1.82, 2.24) is 0 Å². The molecule has 0 aliphatic heterocycles. The van der Waals surface area contributed by atoms with E-state index in [1.807, 2.05) is 6.08 Å². The second-order valence-corrected chi connectivity index (χ2v) is 3.00. The summed E-state index contributed by atoms with van der Waals surface area (Å²) in [7, 11) is 0. The molecule has 0 aromatic rings. The van der Waals surface area contributed by atoms with Crippen LogP contribution >= 0.6 is 0 Å². The zero-order valence-electron chi connectivity index (χ0n) is 8.47. The smallest absolute Gasteiger partial charge is 0.0305 e. The topological polar surface area (TPSA) is 0 Å². The highest BCUT2D eigenvalue weighted by molar-refractivity contribution is 4.98. The van der Waals surface area contributed by atoms with Crippen molar-refractivity contribution in [3.8, 4) is 0 Å². The second-order valence-electron chi connectivity index (χ2n) is 3.00. The summed E-state index contributed by atoms with van der Waals surface area (Å²) in [5.41, 5.74) is 0. The summed E-state index contributed by atoms with van der Waals surface area (Å²) in [6, 6.07) is 0. The van der Waals surface area contributed by atoms with Crippen LogP contribution in [0.15, 0.2) is 18.2 Å². The van der Waals surface area contributed by atoms with Crippen molar-refractivity contribution >= 4 is 0 Å². The van der Waals surface area contributed by atoms with Gasteiger partial charge in [0.1, 0.15) is 0 Å². The molecule has 0 spiro atoms. The van der Waals surface area contributed by atoms with Crippen LogP contribution in [0.1, 0.15) is 52.4 Å². The van der Waals surface area contributed by atoms with E-state index in [1.54, 1.807) is 0 Å². The van der Waals surface area contributed by atoms with Crippen molar-refractivity contribution in [1.29, 1.82) is 0 Å². The Labute approximate surface area is 77.4 Å². The number of hydrogen-bond acceptors (Lipinski definition) is 0. The Bertz CT molecular complexity index is 120.